The molecule has 6 nitrogen and oxygen atoms in total. The summed E-state index contributed by atoms with van der Waals surface area (Å²) < 4.78 is 0. The van der Waals surface area contributed by atoms with Crippen molar-refractivity contribution in [1.29, 1.82) is 0 Å². The lowest BCUT2D eigenvalue weighted by molar-refractivity contribution is -0.132. The molecule has 0 unspecified atom stereocenters. The minimum Gasteiger partial charge on any atom is -0.277 e. The normalized spacial score (nSPS) is 10.1. The highest BCUT2D eigenvalue weighted by molar-refractivity contribution is 7.80. The molecular weight excluding hydrogens is 404 g/mol. The number of carbonyl (C=O) groups excluding carboxylic acids is 2. The summed E-state index contributed by atoms with van der Waals surface area (Å²) in [7, 11) is 3.27. The van der Waals surface area contributed by atoms with E-state index >= 15 is 0 Å². The van der Waals surface area contributed by atoms with Crippen molar-refractivity contribution in [2.75, 3.05) is 14.1 Å². The molecule has 0 saturated carbocycles. The molecule has 0 bridgehead atoms. The van der Waals surface area contributed by atoms with Crippen molar-refractivity contribution in [1.82, 2.24) is 20.9 Å². The van der Waals surface area contributed by atoms with Gasteiger partial charge in [-0.05, 0) is 13.8 Å². The van der Waals surface area contributed by atoms with Crippen molar-refractivity contribution in [3.8, 4) is 0 Å². The Bertz CT molecular complexity index is 836. The van der Waals surface area contributed by atoms with E-state index in [0.717, 1.165) is 22.3 Å². The van der Waals surface area contributed by atoms with Gasteiger partial charge in [0.2, 0.25) is 11.8 Å². The summed E-state index contributed by atoms with van der Waals surface area (Å²) in [5.74, 6) is -0.955. The number of hydrogen-bond donors (Lipinski definition) is 2. The van der Waals surface area contributed by atoms with Gasteiger partial charge in [0.25, 0.3) is 0 Å². The summed E-state index contributed by atoms with van der Waals surface area (Å²) in [6, 6.07) is 15.3. The van der Waals surface area contributed by atoms with Crippen LogP contribution in [0, 0.1) is 13.8 Å². The van der Waals surface area contributed by atoms with Crippen LogP contribution in [0.5, 0.6) is 0 Å². The van der Waals surface area contributed by atoms with Crippen molar-refractivity contribution >= 4 is 46.2 Å². The van der Waals surface area contributed by atoms with Crippen LogP contribution in [0.25, 0.3) is 0 Å². The van der Waals surface area contributed by atoms with Crippen LogP contribution in [-0.2, 0) is 9.59 Å². The Labute approximate surface area is 181 Å². The third-order valence-corrected chi connectivity index (χ3v) is 5.13. The zero-order valence-corrected chi connectivity index (χ0v) is 18.5. The maximum atomic E-state index is 12.2. The number of thiocarbonyl (C=S) groups is 2. The minimum atomic E-state index is -0.478. The Morgan fingerprint density at radius 2 is 1.03 bits per heavy atom. The SMILES string of the molecule is Cc1ccc(C(=S)N(C)NC(=O)CC(=O)NN(C)C(=S)c2ccc(C)cc2)cc1. The molecule has 0 radical (unpaired) electrons. The van der Waals surface area contributed by atoms with Gasteiger partial charge < -0.3 is 0 Å². The third-order valence-electron chi connectivity index (χ3n) is 4.11. The quantitative estimate of drug-likeness (QED) is 0.444. The molecule has 0 aliphatic carbocycles. The van der Waals surface area contributed by atoms with Crippen LogP contribution in [0.3, 0.4) is 0 Å². The fourth-order valence-corrected chi connectivity index (χ4v) is 2.84. The molecule has 0 spiro atoms. The summed E-state index contributed by atoms with van der Waals surface area (Å²) in [6.07, 6.45) is -0.359. The van der Waals surface area contributed by atoms with E-state index in [1.807, 2.05) is 62.4 Å². The Morgan fingerprint density at radius 3 is 1.34 bits per heavy atom. The number of aryl methyl sites for hydroxylation is 2. The van der Waals surface area contributed by atoms with E-state index in [0.29, 0.717) is 9.98 Å². The van der Waals surface area contributed by atoms with E-state index in [4.69, 9.17) is 24.4 Å². The van der Waals surface area contributed by atoms with E-state index in [1.165, 1.54) is 10.0 Å². The van der Waals surface area contributed by atoms with Gasteiger partial charge in [0.05, 0.1) is 0 Å². The topological polar surface area (TPSA) is 64.7 Å². The lowest BCUT2D eigenvalue weighted by Gasteiger charge is -2.23. The standard InChI is InChI=1S/C21H24N4O2S2/c1-14-5-9-16(10-6-14)20(28)24(3)22-18(26)13-19(27)23-25(4)21(29)17-11-7-15(2)8-12-17/h5-12H,13H2,1-4H3,(H,22,26)(H,23,27). The molecule has 2 rings (SSSR count). The molecule has 152 valence electrons. The van der Waals surface area contributed by atoms with Crippen molar-refractivity contribution in [3.63, 3.8) is 0 Å². The first-order chi connectivity index (χ1) is 13.7. The molecule has 0 atom stereocenters. The van der Waals surface area contributed by atoms with Crippen molar-refractivity contribution in [3.05, 3.63) is 70.8 Å². The Hall–Kier alpha value is -2.84. The van der Waals surface area contributed by atoms with Crippen molar-refractivity contribution in [2.45, 2.75) is 20.3 Å². The second-order valence-electron chi connectivity index (χ2n) is 6.71. The van der Waals surface area contributed by atoms with Crippen LogP contribution >= 0.6 is 24.4 Å². The number of carbonyl (C=O) groups is 2. The first kappa shape index (κ1) is 22.4. The Kier molecular flexibility index (Phi) is 7.81. The first-order valence-electron chi connectivity index (χ1n) is 8.96. The number of rotatable bonds is 4. The predicted molar refractivity (Wildman–Crippen MR) is 122 cm³/mol. The highest BCUT2D eigenvalue weighted by atomic mass is 32.1. The zero-order valence-electron chi connectivity index (χ0n) is 16.9. The lowest BCUT2D eigenvalue weighted by Crippen LogP contribution is -2.47. The molecule has 2 aromatic carbocycles. The minimum absolute atomic E-state index is 0.359. The van der Waals surface area contributed by atoms with Crippen LogP contribution in [0.2, 0.25) is 0 Å². The van der Waals surface area contributed by atoms with E-state index in [-0.39, 0.29) is 6.42 Å². The number of nitrogens with one attached hydrogen (secondary N) is 2. The van der Waals surface area contributed by atoms with Gasteiger partial charge >= 0.3 is 0 Å². The number of amides is 2. The van der Waals surface area contributed by atoms with Gasteiger partial charge in [0, 0.05) is 25.2 Å². The highest BCUT2D eigenvalue weighted by Gasteiger charge is 2.16. The molecule has 0 aliphatic heterocycles. The molecular formula is C21H24N4O2S2. The van der Waals surface area contributed by atoms with Crippen molar-refractivity contribution < 1.29 is 9.59 Å². The summed E-state index contributed by atoms with van der Waals surface area (Å²) >= 11 is 10.7. The van der Waals surface area contributed by atoms with E-state index < -0.39 is 11.8 Å². The molecule has 0 saturated heterocycles. The molecule has 29 heavy (non-hydrogen) atoms. The van der Waals surface area contributed by atoms with E-state index in [9.17, 15) is 9.59 Å². The number of benzene rings is 2. The van der Waals surface area contributed by atoms with E-state index in [2.05, 4.69) is 10.9 Å². The van der Waals surface area contributed by atoms with Crippen LogP contribution in [0.15, 0.2) is 48.5 Å². The molecule has 0 aromatic heterocycles. The number of nitrogens with zero attached hydrogens (tertiary/aromatic N) is 2. The molecule has 0 heterocycles. The summed E-state index contributed by atoms with van der Waals surface area (Å²) in [5, 5.41) is 2.85. The largest absolute Gasteiger partial charge is 0.277 e. The molecule has 2 aromatic rings. The van der Waals surface area contributed by atoms with Crippen LogP contribution in [0.4, 0.5) is 0 Å². The fraction of sp³-hybridized carbons (Fsp3) is 0.238. The second-order valence-corrected chi connectivity index (χ2v) is 7.48. The molecule has 0 fully saturated rings. The smallest absolute Gasteiger partial charge is 0.248 e. The van der Waals surface area contributed by atoms with E-state index in [1.54, 1.807) is 14.1 Å². The van der Waals surface area contributed by atoms with Crippen LogP contribution < -0.4 is 10.9 Å². The van der Waals surface area contributed by atoms with Gasteiger partial charge in [-0.2, -0.15) is 0 Å². The second kappa shape index (κ2) is 10.1. The Morgan fingerprint density at radius 1 is 0.724 bits per heavy atom. The predicted octanol–water partition coefficient (Wildman–Crippen LogP) is 2.67. The maximum Gasteiger partial charge on any atom is 0.248 e. The fourth-order valence-electron chi connectivity index (χ4n) is 2.48. The van der Waals surface area contributed by atoms with Crippen molar-refractivity contribution in [2.24, 2.45) is 0 Å². The first-order valence-corrected chi connectivity index (χ1v) is 9.77. The maximum absolute atomic E-state index is 12.2. The van der Waals surface area contributed by atoms with Gasteiger partial charge in [-0.15, -0.1) is 0 Å². The number of hydrogen-bond acceptors (Lipinski definition) is 4. The monoisotopic (exact) mass is 428 g/mol. The molecule has 2 N–H and O–H groups in total. The average Bonchev–Trinajstić information content (AvgIpc) is 2.67. The van der Waals surface area contributed by atoms with Gasteiger partial charge in [-0.25, -0.2) is 0 Å². The molecule has 2 amide bonds. The lowest BCUT2D eigenvalue weighted by atomic mass is 10.1. The number of hydrazine groups is 2. The molecule has 8 heteroatoms. The Balaban J connectivity index is 1.85. The summed E-state index contributed by atoms with van der Waals surface area (Å²) in [6.45, 7) is 3.97. The van der Waals surface area contributed by atoms with Crippen LogP contribution in [0.1, 0.15) is 28.7 Å². The van der Waals surface area contributed by atoms with Gasteiger partial charge in [0.1, 0.15) is 16.4 Å². The van der Waals surface area contributed by atoms with Gasteiger partial charge in [0.15, 0.2) is 0 Å². The summed E-state index contributed by atoms with van der Waals surface area (Å²) in [4.78, 5) is 25.3. The third kappa shape index (κ3) is 6.62. The highest BCUT2D eigenvalue weighted by Crippen LogP contribution is 2.07. The van der Waals surface area contributed by atoms with Gasteiger partial charge in [-0.3, -0.25) is 30.5 Å². The zero-order chi connectivity index (χ0) is 21.6. The average molecular weight is 429 g/mol. The van der Waals surface area contributed by atoms with Gasteiger partial charge in [-0.1, -0.05) is 84.1 Å². The van der Waals surface area contributed by atoms with Crippen LogP contribution in [-0.4, -0.2) is 45.9 Å². The molecule has 0 aliphatic rings. The summed E-state index contributed by atoms with van der Waals surface area (Å²) in [5.41, 5.74) is 9.06.